The average molecular weight is 232 g/mol. The van der Waals surface area contributed by atoms with Gasteiger partial charge in [-0.2, -0.15) is 11.3 Å². The average Bonchev–Trinajstić information content (AvgIpc) is 2.67. The zero-order chi connectivity index (χ0) is 10.8. The summed E-state index contributed by atoms with van der Waals surface area (Å²) >= 11 is 1.31. The maximum absolute atomic E-state index is 12.7. The molecule has 1 saturated heterocycles. The van der Waals surface area contributed by atoms with E-state index in [-0.39, 0.29) is 17.6 Å². The summed E-state index contributed by atoms with van der Waals surface area (Å²) in [7, 11) is 0. The molecule has 1 aromatic rings. The predicted molar refractivity (Wildman–Crippen MR) is 57.2 cm³/mol. The first-order chi connectivity index (χ1) is 7.20. The number of piperidine rings is 1. The van der Waals surface area contributed by atoms with Crippen molar-refractivity contribution < 1.29 is 8.78 Å². The Labute approximate surface area is 91.5 Å². The Kier molecular flexibility index (Phi) is 3.33. The molecule has 2 unspecified atom stereocenters. The molecule has 0 aliphatic carbocycles. The van der Waals surface area contributed by atoms with E-state index in [2.05, 4.69) is 5.32 Å². The second-order valence-electron chi connectivity index (χ2n) is 3.82. The zero-order valence-corrected chi connectivity index (χ0v) is 9.07. The molecule has 2 rings (SSSR count). The van der Waals surface area contributed by atoms with Crippen LogP contribution in [-0.4, -0.2) is 12.6 Å². The second kappa shape index (κ2) is 4.55. The van der Waals surface area contributed by atoms with Crippen LogP contribution in [0, 0.1) is 0 Å². The third-order valence-corrected chi connectivity index (χ3v) is 3.58. The number of alkyl halides is 2. The van der Waals surface area contributed by atoms with E-state index in [0.717, 1.165) is 19.4 Å². The summed E-state index contributed by atoms with van der Waals surface area (Å²) in [5, 5.41) is 6.51. The van der Waals surface area contributed by atoms with E-state index in [0.29, 0.717) is 5.56 Å². The Morgan fingerprint density at radius 1 is 1.47 bits per heavy atom. The molecule has 0 aromatic carbocycles. The van der Waals surface area contributed by atoms with Gasteiger partial charge in [-0.15, -0.1) is 0 Å². The lowest BCUT2D eigenvalue weighted by Crippen LogP contribution is -2.43. The fourth-order valence-electron chi connectivity index (χ4n) is 2.00. The van der Waals surface area contributed by atoms with Gasteiger partial charge in [0.2, 0.25) is 0 Å². The van der Waals surface area contributed by atoms with Crippen LogP contribution >= 0.6 is 11.3 Å². The number of halogens is 2. The van der Waals surface area contributed by atoms with Gasteiger partial charge in [-0.3, -0.25) is 0 Å². The van der Waals surface area contributed by atoms with Crippen molar-refractivity contribution in [3.05, 3.63) is 21.9 Å². The molecule has 5 heteroatoms. The summed E-state index contributed by atoms with van der Waals surface area (Å²) in [4.78, 5) is 0. The van der Waals surface area contributed by atoms with Crippen LogP contribution in [0.3, 0.4) is 0 Å². The normalized spacial score (nSPS) is 27.2. The van der Waals surface area contributed by atoms with Gasteiger partial charge in [0, 0.05) is 17.6 Å². The van der Waals surface area contributed by atoms with E-state index < -0.39 is 6.43 Å². The van der Waals surface area contributed by atoms with Crippen LogP contribution in [0.25, 0.3) is 0 Å². The van der Waals surface area contributed by atoms with Gasteiger partial charge >= 0.3 is 0 Å². The molecule has 84 valence electrons. The lowest BCUT2D eigenvalue weighted by atomic mass is 9.92. The first-order valence-corrected chi connectivity index (χ1v) is 5.97. The Bertz CT molecular complexity index is 327. The molecular weight excluding hydrogens is 218 g/mol. The van der Waals surface area contributed by atoms with Gasteiger partial charge in [0.05, 0.1) is 0 Å². The van der Waals surface area contributed by atoms with Gasteiger partial charge in [0.25, 0.3) is 6.43 Å². The van der Waals surface area contributed by atoms with E-state index in [9.17, 15) is 8.78 Å². The maximum Gasteiger partial charge on any atom is 0.264 e. The van der Waals surface area contributed by atoms with Crippen LogP contribution < -0.4 is 11.1 Å². The largest absolute Gasteiger partial charge is 0.326 e. The van der Waals surface area contributed by atoms with Crippen molar-refractivity contribution in [3.63, 3.8) is 0 Å². The molecule has 0 amide bonds. The fraction of sp³-hybridized carbons (Fsp3) is 0.600. The molecule has 15 heavy (non-hydrogen) atoms. The van der Waals surface area contributed by atoms with Crippen LogP contribution in [0.15, 0.2) is 10.8 Å². The summed E-state index contributed by atoms with van der Waals surface area (Å²) in [6.45, 7) is 0.858. The molecule has 0 bridgehead atoms. The van der Waals surface area contributed by atoms with Crippen molar-refractivity contribution in [2.24, 2.45) is 5.73 Å². The van der Waals surface area contributed by atoms with E-state index in [1.54, 1.807) is 5.38 Å². The predicted octanol–water partition coefficient (Wildman–Crippen LogP) is 2.44. The van der Waals surface area contributed by atoms with Crippen LogP contribution in [0.2, 0.25) is 0 Å². The Morgan fingerprint density at radius 3 is 2.93 bits per heavy atom. The fourth-order valence-corrected chi connectivity index (χ4v) is 2.88. The number of nitrogens with two attached hydrogens (primary N) is 1. The highest BCUT2D eigenvalue weighted by Crippen LogP contribution is 2.33. The minimum atomic E-state index is -2.40. The quantitative estimate of drug-likeness (QED) is 0.822. The summed E-state index contributed by atoms with van der Waals surface area (Å²) in [6.07, 6.45) is -0.482. The topological polar surface area (TPSA) is 38.0 Å². The highest BCUT2D eigenvalue weighted by molar-refractivity contribution is 7.08. The summed E-state index contributed by atoms with van der Waals surface area (Å²) < 4.78 is 25.4. The van der Waals surface area contributed by atoms with Gasteiger partial charge in [-0.25, -0.2) is 8.78 Å². The van der Waals surface area contributed by atoms with Crippen LogP contribution in [0.5, 0.6) is 0 Å². The Hall–Kier alpha value is -0.520. The highest BCUT2D eigenvalue weighted by atomic mass is 32.1. The third-order valence-electron chi connectivity index (χ3n) is 2.80. The molecule has 2 nitrogen and oxygen atoms in total. The van der Waals surface area contributed by atoms with Crippen LogP contribution in [-0.2, 0) is 0 Å². The third kappa shape index (κ3) is 2.19. The monoisotopic (exact) mass is 232 g/mol. The molecule has 2 heterocycles. The van der Waals surface area contributed by atoms with Crippen molar-refractivity contribution in [2.75, 3.05) is 6.54 Å². The molecule has 1 fully saturated rings. The van der Waals surface area contributed by atoms with Gasteiger partial charge in [0.1, 0.15) is 0 Å². The maximum atomic E-state index is 12.7. The minimum Gasteiger partial charge on any atom is -0.326 e. The molecule has 2 atom stereocenters. The molecule has 1 aliphatic rings. The SMILES string of the molecule is NC1CCCNC1c1cscc1C(F)F. The van der Waals surface area contributed by atoms with E-state index >= 15 is 0 Å². The second-order valence-corrected chi connectivity index (χ2v) is 4.56. The lowest BCUT2D eigenvalue weighted by molar-refractivity contribution is 0.149. The molecule has 0 radical (unpaired) electrons. The molecule has 0 spiro atoms. The van der Waals surface area contributed by atoms with Crippen molar-refractivity contribution in [3.8, 4) is 0 Å². The molecule has 3 N–H and O–H groups in total. The van der Waals surface area contributed by atoms with Gasteiger partial charge in [-0.05, 0) is 35.7 Å². The van der Waals surface area contributed by atoms with Gasteiger partial charge in [0.15, 0.2) is 0 Å². The first-order valence-electron chi connectivity index (χ1n) is 5.03. The molecule has 1 aliphatic heterocycles. The minimum absolute atomic E-state index is 0.0501. The summed E-state index contributed by atoms with van der Waals surface area (Å²) in [6, 6.07) is -0.153. The standard InChI is InChI=1S/C10H14F2N2S/c11-10(12)7-5-15-4-6(7)9-8(13)2-1-3-14-9/h4-5,8-10,14H,1-3,13H2. The number of hydrogen-bond acceptors (Lipinski definition) is 3. The summed E-state index contributed by atoms with van der Waals surface area (Å²) in [5.41, 5.74) is 6.75. The van der Waals surface area contributed by atoms with Crippen LogP contribution in [0.4, 0.5) is 8.78 Å². The smallest absolute Gasteiger partial charge is 0.264 e. The summed E-state index contributed by atoms with van der Waals surface area (Å²) in [5.74, 6) is 0. The van der Waals surface area contributed by atoms with Crippen molar-refractivity contribution >= 4 is 11.3 Å². The van der Waals surface area contributed by atoms with Crippen molar-refractivity contribution in [1.82, 2.24) is 5.32 Å². The number of rotatable bonds is 2. The molecular formula is C10H14F2N2S. The van der Waals surface area contributed by atoms with E-state index in [1.165, 1.54) is 16.7 Å². The van der Waals surface area contributed by atoms with E-state index in [1.807, 2.05) is 0 Å². The van der Waals surface area contributed by atoms with Crippen LogP contribution in [0.1, 0.15) is 36.4 Å². The Morgan fingerprint density at radius 2 is 2.27 bits per heavy atom. The van der Waals surface area contributed by atoms with Crippen molar-refractivity contribution in [1.29, 1.82) is 0 Å². The van der Waals surface area contributed by atoms with E-state index in [4.69, 9.17) is 5.73 Å². The molecule has 1 aromatic heterocycles. The zero-order valence-electron chi connectivity index (χ0n) is 8.25. The highest BCUT2D eigenvalue weighted by Gasteiger charge is 2.27. The van der Waals surface area contributed by atoms with Crippen molar-refractivity contribution in [2.45, 2.75) is 31.4 Å². The number of thiophene rings is 1. The van der Waals surface area contributed by atoms with Gasteiger partial charge in [-0.1, -0.05) is 0 Å². The molecule has 0 saturated carbocycles. The first kappa shape index (κ1) is 11.0. The Balaban J connectivity index is 2.23. The number of hydrogen-bond donors (Lipinski definition) is 2. The lowest BCUT2D eigenvalue weighted by Gasteiger charge is -2.30. The number of nitrogens with one attached hydrogen (secondary N) is 1. The van der Waals surface area contributed by atoms with Gasteiger partial charge < -0.3 is 11.1 Å².